The summed E-state index contributed by atoms with van der Waals surface area (Å²) in [7, 11) is 0. The molecule has 0 bridgehead atoms. The van der Waals surface area contributed by atoms with Gasteiger partial charge in [-0.3, -0.25) is 4.68 Å². The maximum atomic E-state index is 4.42. The maximum Gasteiger partial charge on any atom is 0.138 e. The summed E-state index contributed by atoms with van der Waals surface area (Å²) >= 11 is 5.27. The molecule has 0 saturated heterocycles. The van der Waals surface area contributed by atoms with E-state index >= 15 is 0 Å². The van der Waals surface area contributed by atoms with Crippen molar-refractivity contribution in [1.29, 1.82) is 0 Å². The Balaban J connectivity index is 2.12. The first kappa shape index (κ1) is 15.7. The largest absolute Gasteiger partial charge is 0.310 e. The van der Waals surface area contributed by atoms with E-state index in [1.165, 1.54) is 9.35 Å². The van der Waals surface area contributed by atoms with Crippen molar-refractivity contribution in [3.63, 3.8) is 0 Å². The van der Waals surface area contributed by atoms with Crippen molar-refractivity contribution in [2.24, 2.45) is 0 Å². The van der Waals surface area contributed by atoms with Gasteiger partial charge in [0, 0.05) is 19.0 Å². The van der Waals surface area contributed by atoms with Gasteiger partial charge in [-0.1, -0.05) is 13.8 Å². The van der Waals surface area contributed by atoms with Crippen LogP contribution in [0.15, 0.2) is 21.6 Å². The van der Waals surface area contributed by atoms with E-state index in [2.05, 4.69) is 56.6 Å². The van der Waals surface area contributed by atoms with Crippen LogP contribution in [0.3, 0.4) is 0 Å². The fraction of sp³-hybridized carbons (Fsp3) is 0.571. The molecule has 4 nitrogen and oxygen atoms in total. The molecule has 1 N–H and O–H groups in total. The van der Waals surface area contributed by atoms with E-state index in [0.29, 0.717) is 6.04 Å². The predicted octanol–water partition coefficient (Wildman–Crippen LogP) is 3.80. The Morgan fingerprint density at radius 2 is 2.25 bits per heavy atom. The van der Waals surface area contributed by atoms with Gasteiger partial charge >= 0.3 is 0 Å². The first-order chi connectivity index (χ1) is 9.74. The zero-order chi connectivity index (χ0) is 14.4. The second-order valence-electron chi connectivity index (χ2n) is 4.79. The molecule has 0 fully saturated rings. The van der Waals surface area contributed by atoms with Gasteiger partial charge in [-0.15, -0.1) is 11.3 Å². The minimum Gasteiger partial charge on any atom is -0.310 e. The number of halogens is 1. The van der Waals surface area contributed by atoms with Gasteiger partial charge in [-0.25, -0.2) is 4.98 Å². The molecule has 2 rings (SSSR count). The van der Waals surface area contributed by atoms with Gasteiger partial charge in [-0.05, 0) is 52.3 Å². The minimum atomic E-state index is 0.303. The van der Waals surface area contributed by atoms with Gasteiger partial charge in [0.2, 0.25) is 0 Å². The molecule has 0 amide bonds. The van der Waals surface area contributed by atoms with Crippen LogP contribution in [0.1, 0.15) is 44.1 Å². The molecule has 0 radical (unpaired) electrons. The Kier molecular flexibility index (Phi) is 6.19. The van der Waals surface area contributed by atoms with Gasteiger partial charge in [0.25, 0.3) is 0 Å². The summed E-state index contributed by atoms with van der Waals surface area (Å²) < 4.78 is 3.19. The third kappa shape index (κ3) is 4.14. The Hall–Kier alpha value is -0.720. The molecule has 1 atom stereocenters. The van der Waals surface area contributed by atoms with Crippen molar-refractivity contribution in [2.75, 3.05) is 6.54 Å². The molecular weight excluding hydrogens is 336 g/mol. The van der Waals surface area contributed by atoms with E-state index in [-0.39, 0.29) is 0 Å². The number of hydrogen-bond donors (Lipinski definition) is 1. The smallest absolute Gasteiger partial charge is 0.138 e. The number of nitrogens with zero attached hydrogens (tertiary/aromatic N) is 3. The first-order valence-corrected chi connectivity index (χ1v) is 8.75. The van der Waals surface area contributed by atoms with Crippen molar-refractivity contribution in [3.8, 4) is 0 Å². The van der Waals surface area contributed by atoms with E-state index in [1.807, 2.05) is 4.68 Å². The number of hydrogen-bond acceptors (Lipinski definition) is 4. The van der Waals surface area contributed by atoms with Crippen LogP contribution >= 0.6 is 27.3 Å². The van der Waals surface area contributed by atoms with Crippen molar-refractivity contribution in [1.82, 2.24) is 20.1 Å². The van der Waals surface area contributed by atoms with Crippen LogP contribution in [0, 0.1) is 0 Å². The summed E-state index contributed by atoms with van der Waals surface area (Å²) in [6.07, 6.45) is 4.74. The second-order valence-corrected chi connectivity index (χ2v) is 7.08. The number of thiophene rings is 1. The lowest BCUT2D eigenvalue weighted by Crippen LogP contribution is -2.25. The van der Waals surface area contributed by atoms with Gasteiger partial charge in [0.1, 0.15) is 12.2 Å². The molecule has 6 heteroatoms. The van der Waals surface area contributed by atoms with Gasteiger partial charge in [0.05, 0.1) is 3.79 Å². The Labute approximate surface area is 132 Å². The minimum absolute atomic E-state index is 0.303. The van der Waals surface area contributed by atoms with E-state index in [1.54, 1.807) is 17.7 Å². The third-order valence-corrected chi connectivity index (χ3v) is 4.67. The lowest BCUT2D eigenvalue weighted by molar-refractivity contribution is 0.489. The summed E-state index contributed by atoms with van der Waals surface area (Å²) in [4.78, 5) is 4.42. The molecule has 0 spiro atoms. The van der Waals surface area contributed by atoms with Gasteiger partial charge < -0.3 is 5.32 Å². The Morgan fingerprint density at radius 1 is 1.40 bits per heavy atom. The highest BCUT2D eigenvalue weighted by molar-refractivity contribution is 9.11. The van der Waals surface area contributed by atoms with Crippen LogP contribution in [0.25, 0.3) is 0 Å². The van der Waals surface area contributed by atoms with E-state index in [0.717, 1.165) is 38.2 Å². The average molecular weight is 357 g/mol. The predicted molar refractivity (Wildman–Crippen MR) is 87.1 cm³/mol. The summed E-state index contributed by atoms with van der Waals surface area (Å²) in [6.45, 7) is 6.30. The van der Waals surface area contributed by atoms with Crippen LogP contribution in [-0.4, -0.2) is 21.3 Å². The highest BCUT2D eigenvalue weighted by atomic mass is 79.9. The normalized spacial score (nSPS) is 12.8. The molecule has 110 valence electrons. The summed E-state index contributed by atoms with van der Waals surface area (Å²) in [5, 5.41) is 10.1. The van der Waals surface area contributed by atoms with Crippen molar-refractivity contribution < 1.29 is 0 Å². The number of nitrogens with one attached hydrogen (secondary N) is 1. The molecular formula is C14H21BrN4S. The third-order valence-electron chi connectivity index (χ3n) is 3.15. The van der Waals surface area contributed by atoms with Crippen molar-refractivity contribution in [2.45, 2.75) is 45.7 Å². The lowest BCUT2D eigenvalue weighted by Gasteiger charge is -2.17. The second kappa shape index (κ2) is 7.90. The monoisotopic (exact) mass is 356 g/mol. The molecule has 1 unspecified atom stereocenters. The average Bonchev–Trinajstić information content (AvgIpc) is 3.04. The maximum absolute atomic E-state index is 4.42. The molecule has 2 aromatic heterocycles. The van der Waals surface area contributed by atoms with Crippen LogP contribution in [-0.2, 0) is 13.0 Å². The van der Waals surface area contributed by atoms with E-state index in [9.17, 15) is 0 Å². The van der Waals surface area contributed by atoms with Crippen LogP contribution in [0.5, 0.6) is 0 Å². The van der Waals surface area contributed by atoms with Crippen molar-refractivity contribution >= 4 is 27.3 Å². The number of rotatable bonds is 8. The molecule has 20 heavy (non-hydrogen) atoms. The van der Waals surface area contributed by atoms with Gasteiger partial charge in [0.15, 0.2) is 0 Å². The zero-order valence-corrected chi connectivity index (χ0v) is 14.4. The van der Waals surface area contributed by atoms with E-state index < -0.39 is 0 Å². The highest BCUT2D eigenvalue weighted by Gasteiger charge is 2.16. The Bertz CT molecular complexity index is 523. The Morgan fingerprint density at radius 3 is 2.90 bits per heavy atom. The topological polar surface area (TPSA) is 42.7 Å². The summed E-state index contributed by atoms with van der Waals surface area (Å²) in [5.74, 6) is 1.06. The summed E-state index contributed by atoms with van der Waals surface area (Å²) in [5.41, 5.74) is 1.32. The van der Waals surface area contributed by atoms with Crippen LogP contribution in [0.4, 0.5) is 0 Å². The first-order valence-electron chi connectivity index (χ1n) is 7.08. The molecule has 2 heterocycles. The van der Waals surface area contributed by atoms with Gasteiger partial charge in [-0.2, -0.15) is 5.10 Å². The van der Waals surface area contributed by atoms with Crippen LogP contribution < -0.4 is 5.32 Å². The molecule has 0 aliphatic rings. The van der Waals surface area contributed by atoms with Crippen molar-refractivity contribution in [3.05, 3.63) is 32.9 Å². The molecule has 0 aliphatic carbocycles. The summed E-state index contributed by atoms with van der Waals surface area (Å²) in [6, 6.07) is 2.50. The molecule has 2 aromatic rings. The lowest BCUT2D eigenvalue weighted by atomic mass is 10.1. The molecule has 0 aliphatic heterocycles. The fourth-order valence-corrected chi connectivity index (χ4v) is 3.39. The molecule has 0 saturated carbocycles. The number of aryl methyl sites for hydroxylation is 1. The highest BCUT2D eigenvalue weighted by Crippen LogP contribution is 2.27. The van der Waals surface area contributed by atoms with E-state index in [4.69, 9.17) is 0 Å². The standard InChI is InChI=1S/C14H21BrN4S/c1-3-5-16-12(11-7-13(15)20-9-11)8-14-17-10-18-19(14)6-4-2/h7,9-10,12,16H,3-6,8H2,1-2H3. The van der Waals surface area contributed by atoms with Crippen LogP contribution in [0.2, 0.25) is 0 Å². The quantitative estimate of drug-likeness (QED) is 0.782. The SMILES string of the molecule is CCCNC(Cc1ncnn1CCC)c1csc(Br)c1. The fourth-order valence-electron chi connectivity index (χ4n) is 2.16. The molecule has 0 aromatic carbocycles. The zero-order valence-electron chi connectivity index (χ0n) is 12.0. The number of aromatic nitrogens is 3.